The number of fused-ring (bicyclic) bond motifs is 1. The predicted molar refractivity (Wildman–Crippen MR) is 101 cm³/mol. The Balaban J connectivity index is 2.11. The molecule has 3 rings (SSSR count). The van der Waals surface area contributed by atoms with Crippen LogP contribution in [-0.2, 0) is 11.3 Å². The Morgan fingerprint density at radius 3 is 2.85 bits per heavy atom. The van der Waals surface area contributed by atoms with Crippen molar-refractivity contribution in [3.8, 4) is 0 Å². The molecular formula is C17H17N3O4S2. The van der Waals surface area contributed by atoms with E-state index >= 15 is 0 Å². The Kier molecular flexibility index (Phi) is 5.58. The number of thioether (sulfide) groups is 1. The molecule has 2 aromatic heterocycles. The van der Waals surface area contributed by atoms with Crippen LogP contribution in [0.15, 0.2) is 33.8 Å². The minimum atomic E-state index is -0.483. The summed E-state index contributed by atoms with van der Waals surface area (Å²) < 4.78 is 12.6. The number of nitrogens with zero attached hydrogens (tertiary/aromatic N) is 3. The third-order valence-electron chi connectivity index (χ3n) is 3.66. The highest BCUT2D eigenvalue weighted by Crippen LogP contribution is 2.20. The van der Waals surface area contributed by atoms with Gasteiger partial charge >= 0.3 is 11.9 Å². The van der Waals surface area contributed by atoms with E-state index in [1.54, 1.807) is 36.9 Å². The molecule has 7 nitrogen and oxygen atoms in total. The van der Waals surface area contributed by atoms with E-state index in [9.17, 15) is 9.59 Å². The van der Waals surface area contributed by atoms with Crippen LogP contribution in [0, 0.1) is 6.92 Å². The van der Waals surface area contributed by atoms with Crippen LogP contribution in [0.1, 0.15) is 26.6 Å². The molecule has 9 heteroatoms. The standard InChI is InChI=1S/C17H17N3O4S2/c1-10-8-13(24-19-10)15(21)18-17-20(6-7-25-3)12-5-4-11(16(22)23-2)9-14(12)26-17/h4-5,8-9H,6-7H2,1-3H3. The molecule has 0 N–H and O–H groups in total. The second kappa shape index (κ2) is 7.88. The number of hydrogen-bond donors (Lipinski definition) is 0. The number of ether oxygens (including phenoxy) is 1. The summed E-state index contributed by atoms with van der Waals surface area (Å²) in [7, 11) is 1.35. The maximum Gasteiger partial charge on any atom is 0.337 e. The molecule has 2 heterocycles. The number of thiazole rings is 1. The molecule has 3 aromatic rings. The molecule has 0 aliphatic heterocycles. The molecule has 0 spiro atoms. The van der Waals surface area contributed by atoms with Crippen LogP contribution in [0.5, 0.6) is 0 Å². The summed E-state index contributed by atoms with van der Waals surface area (Å²) in [6.07, 6.45) is 2.02. The van der Waals surface area contributed by atoms with Gasteiger partial charge in [-0.1, -0.05) is 16.5 Å². The minimum Gasteiger partial charge on any atom is -0.465 e. The van der Waals surface area contributed by atoms with E-state index in [2.05, 4.69) is 10.1 Å². The maximum absolute atomic E-state index is 12.4. The summed E-state index contributed by atoms with van der Waals surface area (Å²) in [5.74, 6) is 0.0884. The van der Waals surface area contributed by atoms with Gasteiger partial charge in [0.2, 0.25) is 5.76 Å². The zero-order valence-corrected chi connectivity index (χ0v) is 16.1. The van der Waals surface area contributed by atoms with Crippen LogP contribution < -0.4 is 4.80 Å². The van der Waals surface area contributed by atoms with E-state index < -0.39 is 11.9 Å². The van der Waals surface area contributed by atoms with E-state index in [0.29, 0.717) is 22.6 Å². The largest absolute Gasteiger partial charge is 0.465 e. The van der Waals surface area contributed by atoms with Gasteiger partial charge in [-0.15, -0.1) is 0 Å². The van der Waals surface area contributed by atoms with Gasteiger partial charge in [0, 0.05) is 18.4 Å². The molecule has 0 saturated carbocycles. The zero-order chi connectivity index (χ0) is 18.7. The third kappa shape index (κ3) is 3.73. The van der Waals surface area contributed by atoms with Crippen LogP contribution in [0.4, 0.5) is 0 Å². The lowest BCUT2D eigenvalue weighted by molar-refractivity contribution is 0.0601. The fourth-order valence-electron chi connectivity index (χ4n) is 2.41. The first kappa shape index (κ1) is 18.4. The fraction of sp³-hybridized carbons (Fsp3) is 0.294. The fourth-order valence-corrected chi connectivity index (χ4v) is 3.87. The number of carbonyl (C=O) groups is 2. The molecular weight excluding hydrogens is 374 g/mol. The van der Waals surface area contributed by atoms with Gasteiger partial charge in [-0.25, -0.2) is 4.79 Å². The van der Waals surface area contributed by atoms with Crippen molar-refractivity contribution in [1.82, 2.24) is 9.72 Å². The molecule has 1 amide bonds. The molecule has 0 aliphatic carbocycles. The van der Waals surface area contributed by atoms with E-state index in [-0.39, 0.29) is 5.76 Å². The number of esters is 1. The molecule has 0 radical (unpaired) electrons. The van der Waals surface area contributed by atoms with E-state index in [4.69, 9.17) is 9.26 Å². The molecule has 0 atom stereocenters. The lowest BCUT2D eigenvalue weighted by Gasteiger charge is -2.04. The van der Waals surface area contributed by atoms with Crippen molar-refractivity contribution < 1.29 is 18.8 Å². The summed E-state index contributed by atoms with van der Waals surface area (Å²) in [6, 6.07) is 6.87. The number of aromatic nitrogens is 2. The maximum atomic E-state index is 12.4. The first-order chi connectivity index (χ1) is 12.5. The Hall–Kier alpha value is -2.39. The van der Waals surface area contributed by atoms with Crippen molar-refractivity contribution >= 4 is 45.2 Å². The van der Waals surface area contributed by atoms with E-state index in [1.807, 2.05) is 16.9 Å². The lowest BCUT2D eigenvalue weighted by Crippen LogP contribution is -2.18. The van der Waals surface area contributed by atoms with Gasteiger partial charge in [-0.3, -0.25) is 4.79 Å². The van der Waals surface area contributed by atoms with Gasteiger partial charge in [0.25, 0.3) is 0 Å². The molecule has 0 fully saturated rings. The first-order valence-corrected chi connectivity index (χ1v) is 9.97. The average Bonchev–Trinajstić information content (AvgIpc) is 3.22. The first-order valence-electron chi connectivity index (χ1n) is 7.76. The van der Waals surface area contributed by atoms with Gasteiger partial charge in [0.15, 0.2) is 4.80 Å². The Morgan fingerprint density at radius 2 is 2.19 bits per heavy atom. The second-order valence-electron chi connectivity index (χ2n) is 5.45. The molecule has 26 heavy (non-hydrogen) atoms. The minimum absolute atomic E-state index is 0.103. The molecule has 1 aromatic carbocycles. The SMILES string of the molecule is COC(=O)c1ccc2c(c1)sc(=NC(=O)c1cc(C)no1)n2CCSC. The Morgan fingerprint density at radius 1 is 1.38 bits per heavy atom. The summed E-state index contributed by atoms with van der Waals surface area (Å²) >= 11 is 3.04. The van der Waals surface area contributed by atoms with Gasteiger partial charge in [0.1, 0.15) is 0 Å². The Labute approximate surface area is 157 Å². The van der Waals surface area contributed by atoms with Crippen LogP contribution in [0.3, 0.4) is 0 Å². The van der Waals surface area contributed by atoms with Crippen molar-refractivity contribution in [1.29, 1.82) is 0 Å². The predicted octanol–water partition coefficient (Wildman–Crippen LogP) is 2.89. The number of benzene rings is 1. The second-order valence-corrected chi connectivity index (χ2v) is 7.45. The van der Waals surface area contributed by atoms with Gasteiger partial charge in [0.05, 0.1) is 28.6 Å². The number of rotatable bonds is 5. The monoisotopic (exact) mass is 391 g/mol. The van der Waals surface area contributed by atoms with Crippen molar-refractivity contribution in [2.24, 2.45) is 4.99 Å². The van der Waals surface area contributed by atoms with Gasteiger partial charge < -0.3 is 13.8 Å². The quantitative estimate of drug-likeness (QED) is 0.622. The van der Waals surface area contributed by atoms with E-state index in [1.165, 1.54) is 18.4 Å². The Bertz CT molecular complexity index is 1030. The van der Waals surface area contributed by atoms with Gasteiger partial charge in [-0.2, -0.15) is 16.8 Å². The highest BCUT2D eigenvalue weighted by atomic mass is 32.2. The third-order valence-corrected chi connectivity index (χ3v) is 5.29. The number of amides is 1. The number of carbonyl (C=O) groups excluding carboxylic acids is 2. The molecule has 0 unspecified atom stereocenters. The summed E-state index contributed by atoms with van der Waals surface area (Å²) in [5, 5.41) is 3.72. The molecule has 0 saturated heterocycles. The van der Waals surface area contributed by atoms with Crippen molar-refractivity contribution in [2.45, 2.75) is 13.5 Å². The summed E-state index contributed by atoms with van der Waals surface area (Å²) in [4.78, 5) is 28.9. The molecule has 136 valence electrons. The van der Waals surface area contributed by atoms with Crippen LogP contribution in [-0.4, -0.2) is 40.7 Å². The normalized spacial score (nSPS) is 11.9. The van der Waals surface area contributed by atoms with Crippen LogP contribution in [0.2, 0.25) is 0 Å². The number of methoxy groups -OCH3 is 1. The van der Waals surface area contributed by atoms with Crippen molar-refractivity contribution in [2.75, 3.05) is 19.1 Å². The summed E-state index contributed by atoms with van der Waals surface area (Å²) in [6.45, 7) is 2.44. The lowest BCUT2D eigenvalue weighted by atomic mass is 10.2. The van der Waals surface area contributed by atoms with Crippen LogP contribution in [0.25, 0.3) is 10.2 Å². The highest BCUT2D eigenvalue weighted by molar-refractivity contribution is 7.98. The van der Waals surface area contributed by atoms with Crippen molar-refractivity contribution in [3.05, 3.63) is 46.1 Å². The average molecular weight is 391 g/mol. The number of hydrogen-bond acceptors (Lipinski definition) is 7. The smallest absolute Gasteiger partial charge is 0.337 e. The molecule has 0 bridgehead atoms. The van der Waals surface area contributed by atoms with Gasteiger partial charge in [-0.05, 0) is 31.4 Å². The van der Waals surface area contributed by atoms with Crippen LogP contribution >= 0.6 is 23.1 Å². The molecule has 0 aliphatic rings. The topological polar surface area (TPSA) is 86.7 Å². The summed E-state index contributed by atoms with van der Waals surface area (Å²) in [5.41, 5.74) is 2.00. The van der Waals surface area contributed by atoms with E-state index in [0.717, 1.165) is 16.0 Å². The highest BCUT2D eigenvalue weighted by Gasteiger charge is 2.14. The van der Waals surface area contributed by atoms with Crippen molar-refractivity contribution in [3.63, 3.8) is 0 Å². The number of aryl methyl sites for hydroxylation is 2. The zero-order valence-electron chi connectivity index (χ0n) is 14.5.